The van der Waals surface area contributed by atoms with Crippen LogP contribution in [0.1, 0.15) is 34.4 Å². The summed E-state index contributed by atoms with van der Waals surface area (Å²) in [6, 6.07) is 21.3. The molecule has 0 spiro atoms. The van der Waals surface area contributed by atoms with Gasteiger partial charge in [0.25, 0.3) is 5.56 Å². The maximum absolute atomic E-state index is 13.4. The van der Waals surface area contributed by atoms with E-state index in [1.807, 2.05) is 30.3 Å². The van der Waals surface area contributed by atoms with Gasteiger partial charge in [0.2, 0.25) is 0 Å². The van der Waals surface area contributed by atoms with E-state index in [4.69, 9.17) is 0 Å². The smallest absolute Gasteiger partial charge is 0.370 e. The molecule has 41 heavy (non-hydrogen) atoms. The third-order valence-corrected chi connectivity index (χ3v) is 8.77. The molecule has 4 aromatic rings. The third-order valence-electron chi connectivity index (χ3n) is 8.77. The van der Waals surface area contributed by atoms with Crippen LogP contribution in [0.4, 0.5) is 13.2 Å². The Kier molecular flexibility index (Phi) is 6.98. The number of alkyl halides is 3. The van der Waals surface area contributed by atoms with Gasteiger partial charge in [-0.3, -0.25) is 14.7 Å². The highest BCUT2D eigenvalue weighted by Crippen LogP contribution is 2.43. The fourth-order valence-electron chi connectivity index (χ4n) is 6.50. The maximum atomic E-state index is 13.4. The van der Waals surface area contributed by atoms with Crippen molar-refractivity contribution in [2.45, 2.75) is 38.5 Å². The monoisotopic (exact) mass is 558 g/mol. The number of fused-ring (bicyclic) bond motifs is 2. The summed E-state index contributed by atoms with van der Waals surface area (Å²) in [6.45, 7) is 8.12. The lowest BCUT2D eigenvalue weighted by Gasteiger charge is -2.41. The van der Waals surface area contributed by atoms with E-state index >= 15 is 0 Å². The van der Waals surface area contributed by atoms with Gasteiger partial charge in [0, 0.05) is 68.7 Å². The first-order valence-electron chi connectivity index (χ1n) is 14.0. The number of halogens is 3. The van der Waals surface area contributed by atoms with Crippen molar-refractivity contribution in [3.8, 4) is 0 Å². The van der Waals surface area contributed by atoms with Crippen molar-refractivity contribution in [2.24, 2.45) is 12.5 Å². The number of nitrogens with zero attached hydrogens (tertiary/aromatic N) is 4. The number of aryl methyl sites for hydroxylation is 1. The normalized spacial score (nSPS) is 19.5. The van der Waals surface area contributed by atoms with Crippen LogP contribution < -0.4 is 5.56 Å². The first-order chi connectivity index (χ1) is 19.6. The third kappa shape index (κ3) is 5.40. The summed E-state index contributed by atoms with van der Waals surface area (Å²) in [7, 11) is 1.79. The van der Waals surface area contributed by atoms with Crippen molar-refractivity contribution in [1.29, 1.82) is 0 Å². The van der Waals surface area contributed by atoms with Gasteiger partial charge >= 0.3 is 6.18 Å². The van der Waals surface area contributed by atoms with Crippen LogP contribution in [0.3, 0.4) is 0 Å². The molecule has 0 amide bonds. The maximum Gasteiger partial charge on any atom is 0.417 e. The number of hydrogen-bond acceptors (Lipinski definition) is 4. The number of hydrogen-bond donors (Lipinski definition) is 0. The molecule has 1 unspecified atom stereocenters. The van der Waals surface area contributed by atoms with E-state index in [0.29, 0.717) is 25.1 Å². The summed E-state index contributed by atoms with van der Waals surface area (Å²) in [5, 5.41) is 1.03. The van der Waals surface area contributed by atoms with Gasteiger partial charge in [-0.1, -0.05) is 43.0 Å². The molecule has 0 N–H and O–H groups in total. The van der Waals surface area contributed by atoms with Crippen molar-refractivity contribution in [1.82, 2.24) is 19.4 Å². The average Bonchev–Trinajstić information content (AvgIpc) is 3.37. The highest BCUT2D eigenvalue weighted by molar-refractivity contribution is 5.79. The minimum Gasteiger partial charge on any atom is -0.370 e. The summed E-state index contributed by atoms with van der Waals surface area (Å²) in [5.41, 5.74) is 4.68. The van der Waals surface area contributed by atoms with Gasteiger partial charge in [0.05, 0.1) is 11.1 Å². The van der Waals surface area contributed by atoms with Crippen LogP contribution in [0.2, 0.25) is 0 Å². The quantitative estimate of drug-likeness (QED) is 0.293. The molecule has 1 fully saturated rings. The average molecular weight is 559 g/mol. The Morgan fingerprint density at radius 2 is 1.83 bits per heavy atom. The molecule has 2 aromatic heterocycles. The molecule has 2 aliphatic rings. The minimum atomic E-state index is -4.42. The van der Waals surface area contributed by atoms with Crippen molar-refractivity contribution in [3.05, 3.63) is 124 Å². The number of rotatable bonds is 6. The molecule has 2 aromatic carbocycles. The molecular formula is C33H33F3N4O. The molecule has 1 atom stereocenters. The largest absolute Gasteiger partial charge is 0.417 e. The number of aromatic nitrogens is 2. The SMILES string of the molecule is C=C(N1CCc2ncc(C(F)(F)F)cc2C1)C1(Cc2ccccc2)CCN(Cc2ccc3c(ccc(=O)n3C)c2)C1. The van der Waals surface area contributed by atoms with E-state index in [0.717, 1.165) is 61.0 Å². The molecule has 0 radical (unpaired) electrons. The highest BCUT2D eigenvalue weighted by atomic mass is 19.4. The molecule has 4 heterocycles. The fourth-order valence-corrected chi connectivity index (χ4v) is 6.50. The Morgan fingerprint density at radius 1 is 1.02 bits per heavy atom. The molecule has 0 saturated carbocycles. The van der Waals surface area contributed by atoms with Crippen LogP contribution in [-0.2, 0) is 39.2 Å². The standard InChI is InChI=1S/C33H33F3N4O/c1-23(40-14-12-29-27(21-40)17-28(19-37-29)33(34,35)36)32(18-24-6-4-3-5-7-24)13-15-39(22-32)20-25-8-10-30-26(16-25)9-11-31(41)38(30)2/h3-11,16-17,19H,1,12-15,18,20-22H2,2H3. The highest BCUT2D eigenvalue weighted by Gasteiger charge is 2.43. The first kappa shape index (κ1) is 27.3. The molecule has 2 aliphatic heterocycles. The van der Waals surface area contributed by atoms with E-state index in [1.54, 1.807) is 17.7 Å². The number of pyridine rings is 2. The first-order valence-corrected chi connectivity index (χ1v) is 14.0. The topological polar surface area (TPSA) is 41.4 Å². The second-order valence-electron chi connectivity index (χ2n) is 11.5. The van der Waals surface area contributed by atoms with Crippen LogP contribution in [0, 0.1) is 5.41 Å². The van der Waals surface area contributed by atoms with E-state index in [2.05, 4.69) is 45.6 Å². The lowest BCUT2D eigenvalue weighted by atomic mass is 9.77. The van der Waals surface area contributed by atoms with Gasteiger partial charge in [0.1, 0.15) is 0 Å². The van der Waals surface area contributed by atoms with Crippen molar-refractivity contribution in [3.63, 3.8) is 0 Å². The van der Waals surface area contributed by atoms with E-state index in [-0.39, 0.29) is 11.0 Å². The Bertz CT molecular complexity index is 1660. The Balaban J connectivity index is 1.26. The molecule has 6 rings (SSSR count). The van der Waals surface area contributed by atoms with Crippen LogP contribution in [0.25, 0.3) is 10.9 Å². The van der Waals surface area contributed by atoms with Gasteiger partial charge in [-0.2, -0.15) is 13.2 Å². The van der Waals surface area contributed by atoms with Gasteiger partial charge in [-0.15, -0.1) is 0 Å². The molecular weight excluding hydrogens is 525 g/mol. The summed E-state index contributed by atoms with van der Waals surface area (Å²) in [6.07, 6.45) is -1.15. The Hall–Kier alpha value is -3.91. The number of benzene rings is 2. The van der Waals surface area contributed by atoms with Crippen LogP contribution in [-0.4, -0.2) is 39.0 Å². The van der Waals surface area contributed by atoms with Crippen molar-refractivity contribution >= 4 is 10.9 Å². The number of likely N-dealkylation sites (tertiary alicyclic amines) is 1. The van der Waals surface area contributed by atoms with E-state index in [1.165, 1.54) is 17.2 Å². The van der Waals surface area contributed by atoms with Gasteiger partial charge in [-0.25, -0.2) is 0 Å². The van der Waals surface area contributed by atoms with Gasteiger partial charge < -0.3 is 9.47 Å². The van der Waals surface area contributed by atoms with Crippen molar-refractivity contribution < 1.29 is 13.2 Å². The lowest BCUT2D eigenvalue weighted by molar-refractivity contribution is -0.137. The zero-order valence-electron chi connectivity index (χ0n) is 23.1. The Morgan fingerprint density at radius 3 is 2.61 bits per heavy atom. The molecule has 1 saturated heterocycles. The summed E-state index contributed by atoms with van der Waals surface area (Å²) < 4.78 is 41.9. The second-order valence-corrected chi connectivity index (χ2v) is 11.5. The lowest BCUT2D eigenvalue weighted by Crippen LogP contribution is -2.41. The van der Waals surface area contributed by atoms with Crippen LogP contribution in [0.5, 0.6) is 0 Å². The second kappa shape index (κ2) is 10.5. The van der Waals surface area contributed by atoms with Gasteiger partial charge in [0.15, 0.2) is 0 Å². The zero-order chi connectivity index (χ0) is 28.8. The van der Waals surface area contributed by atoms with Crippen molar-refractivity contribution in [2.75, 3.05) is 19.6 Å². The van der Waals surface area contributed by atoms with Crippen LogP contribution in [0.15, 0.2) is 90.0 Å². The van der Waals surface area contributed by atoms with E-state index < -0.39 is 11.7 Å². The molecule has 5 nitrogen and oxygen atoms in total. The zero-order valence-corrected chi connectivity index (χ0v) is 23.1. The van der Waals surface area contributed by atoms with Crippen LogP contribution >= 0.6 is 0 Å². The fraction of sp³-hybridized carbons (Fsp3) is 0.333. The minimum absolute atomic E-state index is 0.0280. The van der Waals surface area contributed by atoms with E-state index in [9.17, 15) is 18.0 Å². The predicted molar refractivity (Wildman–Crippen MR) is 154 cm³/mol. The molecule has 0 aliphatic carbocycles. The molecule has 0 bridgehead atoms. The molecule has 8 heteroatoms. The Labute approximate surface area is 237 Å². The molecule has 212 valence electrons. The predicted octanol–water partition coefficient (Wildman–Crippen LogP) is 5.96. The summed E-state index contributed by atoms with van der Waals surface area (Å²) in [5.74, 6) is 0. The van der Waals surface area contributed by atoms with Gasteiger partial charge in [-0.05, 0) is 65.7 Å². The summed E-state index contributed by atoms with van der Waals surface area (Å²) in [4.78, 5) is 20.8. The summed E-state index contributed by atoms with van der Waals surface area (Å²) >= 11 is 0.